The van der Waals surface area contributed by atoms with Gasteiger partial charge in [-0.3, -0.25) is 0 Å². The molecule has 4 nitrogen and oxygen atoms in total. The van der Waals surface area contributed by atoms with Gasteiger partial charge in [0.15, 0.2) is 0 Å². The summed E-state index contributed by atoms with van der Waals surface area (Å²) < 4.78 is 5.92. The van der Waals surface area contributed by atoms with Crippen molar-refractivity contribution in [2.45, 2.75) is 51.3 Å². The van der Waals surface area contributed by atoms with Crippen molar-refractivity contribution in [3.8, 4) is 0 Å². The normalized spacial score (nSPS) is 36.7. The Kier molecular flexibility index (Phi) is 3.61. The maximum absolute atomic E-state index is 5.92. The lowest BCUT2D eigenvalue weighted by atomic mass is 9.57. The van der Waals surface area contributed by atoms with Crippen LogP contribution in [0.15, 0.2) is 24.4 Å². The number of hydrogen-bond acceptors (Lipinski definition) is 4. The zero-order valence-corrected chi connectivity index (χ0v) is 13.7. The van der Waals surface area contributed by atoms with Crippen LogP contribution in [-0.4, -0.2) is 42.9 Å². The van der Waals surface area contributed by atoms with Crippen LogP contribution >= 0.6 is 0 Å². The number of ether oxygens (including phenoxy) is 1. The zero-order valence-electron chi connectivity index (χ0n) is 13.7. The van der Waals surface area contributed by atoms with Crippen molar-refractivity contribution < 1.29 is 4.74 Å². The van der Waals surface area contributed by atoms with E-state index in [1.54, 1.807) is 0 Å². The molecule has 4 atom stereocenters. The summed E-state index contributed by atoms with van der Waals surface area (Å²) >= 11 is 0. The lowest BCUT2D eigenvalue weighted by Gasteiger charge is -2.56. The number of fused-ring (bicyclic) bond motifs is 1. The standard InChI is InChI=1S/C18H27N3O/c1-18(2)16(14-8-11-22-17(14)18)20-13-6-5-10-21(12-13)15-7-3-4-9-19-15/h3-4,7,9,13-14,16-17,20H,5-6,8,10-12H2,1-2H3/t13-,14+,16-,17+/m1/s1. The number of rotatable bonds is 3. The molecule has 2 aliphatic heterocycles. The number of piperidine rings is 1. The summed E-state index contributed by atoms with van der Waals surface area (Å²) in [5.74, 6) is 1.84. The van der Waals surface area contributed by atoms with Crippen LogP contribution in [0.4, 0.5) is 5.82 Å². The second-order valence-corrected chi connectivity index (χ2v) is 7.68. The van der Waals surface area contributed by atoms with Gasteiger partial charge in [-0.05, 0) is 31.4 Å². The second kappa shape index (κ2) is 5.50. The number of aromatic nitrogens is 1. The first-order valence-corrected chi connectivity index (χ1v) is 8.70. The molecule has 1 aromatic heterocycles. The molecule has 0 aromatic carbocycles. The second-order valence-electron chi connectivity index (χ2n) is 7.68. The van der Waals surface area contributed by atoms with Crippen LogP contribution in [0.3, 0.4) is 0 Å². The van der Waals surface area contributed by atoms with Crippen molar-refractivity contribution in [1.82, 2.24) is 10.3 Å². The summed E-state index contributed by atoms with van der Waals surface area (Å²) in [7, 11) is 0. The molecule has 120 valence electrons. The van der Waals surface area contributed by atoms with Gasteiger partial charge in [0, 0.05) is 49.3 Å². The van der Waals surface area contributed by atoms with E-state index in [4.69, 9.17) is 4.74 Å². The quantitative estimate of drug-likeness (QED) is 0.930. The first-order valence-electron chi connectivity index (χ1n) is 8.70. The van der Waals surface area contributed by atoms with Crippen LogP contribution in [0.5, 0.6) is 0 Å². The smallest absolute Gasteiger partial charge is 0.128 e. The molecule has 2 saturated heterocycles. The van der Waals surface area contributed by atoms with Crippen LogP contribution in [0, 0.1) is 11.3 Å². The van der Waals surface area contributed by atoms with Gasteiger partial charge in [0.25, 0.3) is 0 Å². The highest BCUT2D eigenvalue weighted by molar-refractivity contribution is 5.38. The van der Waals surface area contributed by atoms with Gasteiger partial charge in [-0.25, -0.2) is 4.98 Å². The van der Waals surface area contributed by atoms with Crippen molar-refractivity contribution >= 4 is 5.82 Å². The Hall–Kier alpha value is -1.13. The van der Waals surface area contributed by atoms with Gasteiger partial charge < -0.3 is 15.0 Å². The molecule has 0 bridgehead atoms. The lowest BCUT2D eigenvalue weighted by Crippen LogP contribution is -2.68. The van der Waals surface area contributed by atoms with Gasteiger partial charge in [-0.15, -0.1) is 0 Å². The van der Waals surface area contributed by atoms with E-state index in [1.165, 1.54) is 19.3 Å². The highest BCUT2D eigenvalue weighted by atomic mass is 16.5. The maximum Gasteiger partial charge on any atom is 0.128 e. The monoisotopic (exact) mass is 301 g/mol. The van der Waals surface area contributed by atoms with Crippen LogP contribution in [-0.2, 0) is 4.74 Å². The Bertz CT molecular complexity index is 518. The van der Waals surface area contributed by atoms with Crippen LogP contribution < -0.4 is 10.2 Å². The average molecular weight is 301 g/mol. The van der Waals surface area contributed by atoms with E-state index in [9.17, 15) is 0 Å². The van der Waals surface area contributed by atoms with Gasteiger partial charge in [-0.1, -0.05) is 19.9 Å². The Morgan fingerprint density at radius 3 is 3.05 bits per heavy atom. The molecule has 22 heavy (non-hydrogen) atoms. The third-order valence-corrected chi connectivity index (χ3v) is 5.91. The third-order valence-electron chi connectivity index (χ3n) is 5.91. The molecule has 4 heteroatoms. The van der Waals surface area contributed by atoms with Crippen molar-refractivity contribution in [3.63, 3.8) is 0 Å². The number of hydrogen-bond donors (Lipinski definition) is 1. The third kappa shape index (κ3) is 2.33. The molecular weight excluding hydrogens is 274 g/mol. The molecule has 1 saturated carbocycles. The van der Waals surface area contributed by atoms with Gasteiger partial charge in [0.05, 0.1) is 6.10 Å². The Morgan fingerprint density at radius 2 is 2.23 bits per heavy atom. The summed E-state index contributed by atoms with van der Waals surface area (Å²) in [6, 6.07) is 7.36. The average Bonchev–Trinajstić information content (AvgIpc) is 3.01. The Labute approximate surface area is 133 Å². The highest BCUT2D eigenvalue weighted by Crippen LogP contribution is 2.52. The van der Waals surface area contributed by atoms with Gasteiger partial charge in [0.2, 0.25) is 0 Å². The van der Waals surface area contributed by atoms with Crippen LogP contribution in [0.25, 0.3) is 0 Å². The SMILES string of the molecule is CC1(C)[C@H](N[C@@H]2CCCN(c3ccccn3)C2)[C@@H]2CCO[C@@H]21. The summed E-state index contributed by atoms with van der Waals surface area (Å²) in [5.41, 5.74) is 0.272. The molecule has 3 heterocycles. The predicted molar refractivity (Wildman–Crippen MR) is 88.0 cm³/mol. The van der Waals surface area contributed by atoms with E-state index < -0.39 is 0 Å². The zero-order chi connectivity index (χ0) is 15.2. The van der Waals surface area contributed by atoms with E-state index in [-0.39, 0.29) is 5.41 Å². The molecule has 0 amide bonds. The molecule has 0 radical (unpaired) electrons. The summed E-state index contributed by atoms with van der Waals surface area (Å²) in [4.78, 5) is 6.94. The molecule has 3 fully saturated rings. The molecular formula is C18H27N3O. The van der Waals surface area contributed by atoms with Crippen LogP contribution in [0.2, 0.25) is 0 Å². The predicted octanol–water partition coefficient (Wildman–Crippen LogP) is 2.45. The molecule has 3 aliphatic rings. The number of nitrogens with one attached hydrogen (secondary N) is 1. The van der Waals surface area contributed by atoms with Gasteiger partial charge in [0.1, 0.15) is 5.82 Å². The number of anilines is 1. The molecule has 1 aromatic rings. The molecule has 0 unspecified atom stereocenters. The minimum atomic E-state index is 0.272. The van der Waals surface area contributed by atoms with Gasteiger partial charge >= 0.3 is 0 Å². The fourth-order valence-corrected chi connectivity index (χ4v) is 4.78. The molecule has 1 aliphatic carbocycles. The van der Waals surface area contributed by atoms with E-state index in [0.29, 0.717) is 18.2 Å². The summed E-state index contributed by atoms with van der Waals surface area (Å²) in [5, 5.41) is 3.97. The van der Waals surface area contributed by atoms with Crippen molar-refractivity contribution in [2.24, 2.45) is 11.3 Å². The van der Waals surface area contributed by atoms with Crippen molar-refractivity contribution in [2.75, 3.05) is 24.6 Å². The number of pyridine rings is 1. The number of nitrogens with zero attached hydrogens (tertiary/aromatic N) is 2. The Balaban J connectivity index is 1.41. The molecule has 1 N–H and O–H groups in total. The minimum absolute atomic E-state index is 0.272. The highest BCUT2D eigenvalue weighted by Gasteiger charge is 2.59. The fourth-order valence-electron chi connectivity index (χ4n) is 4.78. The first kappa shape index (κ1) is 14.5. The Morgan fingerprint density at radius 1 is 1.32 bits per heavy atom. The minimum Gasteiger partial charge on any atom is -0.377 e. The topological polar surface area (TPSA) is 37.4 Å². The summed E-state index contributed by atoms with van der Waals surface area (Å²) in [6.45, 7) is 7.86. The summed E-state index contributed by atoms with van der Waals surface area (Å²) in [6.07, 6.45) is 6.10. The fraction of sp³-hybridized carbons (Fsp3) is 0.722. The van der Waals surface area contributed by atoms with E-state index in [2.05, 4.69) is 41.2 Å². The van der Waals surface area contributed by atoms with Crippen molar-refractivity contribution in [3.05, 3.63) is 24.4 Å². The van der Waals surface area contributed by atoms with Gasteiger partial charge in [-0.2, -0.15) is 0 Å². The van der Waals surface area contributed by atoms with Crippen LogP contribution in [0.1, 0.15) is 33.1 Å². The van der Waals surface area contributed by atoms with E-state index >= 15 is 0 Å². The van der Waals surface area contributed by atoms with Crippen molar-refractivity contribution in [1.29, 1.82) is 0 Å². The lowest BCUT2D eigenvalue weighted by molar-refractivity contribution is -0.115. The molecule has 4 rings (SSSR count). The van der Waals surface area contributed by atoms with E-state index in [0.717, 1.165) is 31.4 Å². The first-order chi connectivity index (χ1) is 10.7. The maximum atomic E-state index is 5.92. The van der Waals surface area contributed by atoms with E-state index in [1.807, 2.05) is 12.3 Å². The largest absolute Gasteiger partial charge is 0.377 e. The molecule has 0 spiro atoms.